The number of amides is 2. The van der Waals surface area contributed by atoms with Crippen LogP contribution in [-0.2, 0) is 9.59 Å². The van der Waals surface area contributed by atoms with Crippen LogP contribution in [0.4, 0.5) is 5.69 Å². The van der Waals surface area contributed by atoms with E-state index < -0.39 is 6.04 Å². The lowest BCUT2D eigenvalue weighted by molar-refractivity contribution is -0.122. The van der Waals surface area contributed by atoms with Gasteiger partial charge in [-0.05, 0) is 43.0 Å². The first-order valence-electron chi connectivity index (χ1n) is 8.30. The zero-order chi connectivity index (χ0) is 19.0. The molecule has 2 atom stereocenters. The van der Waals surface area contributed by atoms with Crippen LogP contribution in [0.5, 0.6) is 5.75 Å². The van der Waals surface area contributed by atoms with Crippen LogP contribution in [0, 0.1) is 5.41 Å². The summed E-state index contributed by atoms with van der Waals surface area (Å²) in [6.07, 6.45) is 3.82. The van der Waals surface area contributed by atoms with Gasteiger partial charge in [0.2, 0.25) is 11.8 Å². The van der Waals surface area contributed by atoms with Crippen LogP contribution < -0.4 is 21.1 Å². The first-order valence-corrected chi connectivity index (χ1v) is 8.30. The van der Waals surface area contributed by atoms with Crippen molar-refractivity contribution in [3.05, 3.63) is 36.4 Å². The Balaban J connectivity index is 2.72. The molecule has 0 aliphatic carbocycles. The highest BCUT2D eigenvalue weighted by Gasteiger charge is 2.20. The van der Waals surface area contributed by atoms with E-state index in [2.05, 4.69) is 31.4 Å². The summed E-state index contributed by atoms with van der Waals surface area (Å²) in [7, 11) is 1.59. The summed E-state index contributed by atoms with van der Waals surface area (Å²) >= 11 is 0. The second kappa shape index (κ2) is 9.22. The van der Waals surface area contributed by atoms with E-state index in [1.165, 1.54) is 6.08 Å². The molecule has 0 aliphatic heterocycles. The molecule has 0 aliphatic rings. The van der Waals surface area contributed by atoms with Crippen LogP contribution in [0.15, 0.2) is 36.4 Å². The number of hydrogen-bond donors (Lipinski definition) is 3. The molecule has 0 radical (unpaired) electrons. The van der Waals surface area contributed by atoms with Crippen molar-refractivity contribution in [3.63, 3.8) is 0 Å². The number of nitrogens with one attached hydrogen (secondary N) is 2. The highest BCUT2D eigenvalue weighted by atomic mass is 16.5. The first-order chi connectivity index (χ1) is 11.6. The van der Waals surface area contributed by atoms with E-state index in [1.807, 2.05) is 0 Å². The van der Waals surface area contributed by atoms with Gasteiger partial charge in [0.25, 0.3) is 0 Å². The van der Waals surface area contributed by atoms with Gasteiger partial charge in [-0.3, -0.25) is 9.59 Å². The van der Waals surface area contributed by atoms with E-state index in [0.717, 1.165) is 5.75 Å². The maximum Gasteiger partial charge on any atom is 0.248 e. The number of ether oxygens (including phenoxy) is 1. The van der Waals surface area contributed by atoms with E-state index in [9.17, 15) is 9.59 Å². The third-order valence-corrected chi connectivity index (χ3v) is 3.41. The monoisotopic (exact) mass is 347 g/mol. The fourth-order valence-corrected chi connectivity index (χ4v) is 2.20. The molecule has 1 aromatic rings. The number of anilines is 1. The molecule has 0 saturated heterocycles. The molecule has 0 unspecified atom stereocenters. The van der Waals surface area contributed by atoms with Crippen LogP contribution in [-0.4, -0.2) is 31.0 Å². The van der Waals surface area contributed by atoms with Crippen molar-refractivity contribution < 1.29 is 14.3 Å². The van der Waals surface area contributed by atoms with Gasteiger partial charge in [0.1, 0.15) is 5.75 Å². The van der Waals surface area contributed by atoms with E-state index in [-0.39, 0.29) is 23.3 Å². The zero-order valence-electron chi connectivity index (χ0n) is 15.6. The Bertz CT molecular complexity index is 601. The molecule has 25 heavy (non-hydrogen) atoms. The molecule has 0 aromatic heterocycles. The van der Waals surface area contributed by atoms with E-state index in [1.54, 1.807) is 44.4 Å². The minimum atomic E-state index is -0.594. The Morgan fingerprint density at radius 1 is 1.24 bits per heavy atom. The average Bonchev–Trinajstić information content (AvgIpc) is 2.51. The third-order valence-electron chi connectivity index (χ3n) is 3.41. The molecule has 0 heterocycles. The number of nitrogens with two attached hydrogens (primary N) is 1. The standard InChI is InChI=1S/C19H29N3O3/c1-13(20)18(24)22-15(12-19(2,3)4)8-11-17(23)21-14-6-9-16(25-5)10-7-14/h6-11,13,15H,12,20H2,1-5H3,(H,21,23)(H,22,24)/t13-,15+/m0/s1. The molecule has 1 rings (SSSR count). The molecule has 0 spiro atoms. The first kappa shape index (κ1) is 20.7. The predicted octanol–water partition coefficient (Wildman–Crippen LogP) is 2.46. The molecular formula is C19H29N3O3. The molecule has 6 nitrogen and oxygen atoms in total. The number of hydrogen-bond acceptors (Lipinski definition) is 4. The van der Waals surface area contributed by atoms with Gasteiger partial charge >= 0.3 is 0 Å². The summed E-state index contributed by atoms with van der Waals surface area (Å²) in [6.45, 7) is 7.85. The summed E-state index contributed by atoms with van der Waals surface area (Å²) < 4.78 is 5.08. The molecule has 6 heteroatoms. The van der Waals surface area contributed by atoms with E-state index >= 15 is 0 Å². The van der Waals surface area contributed by atoms with Gasteiger partial charge in [0.05, 0.1) is 13.2 Å². The van der Waals surface area contributed by atoms with Gasteiger partial charge in [-0.2, -0.15) is 0 Å². The SMILES string of the molecule is COc1ccc(NC(=O)C=C[C@H](CC(C)(C)C)NC(=O)[C@H](C)N)cc1. The lowest BCUT2D eigenvalue weighted by Gasteiger charge is -2.25. The smallest absolute Gasteiger partial charge is 0.248 e. The van der Waals surface area contributed by atoms with Crippen molar-refractivity contribution in [1.29, 1.82) is 0 Å². The number of carbonyl (C=O) groups excluding carboxylic acids is 2. The van der Waals surface area contributed by atoms with Crippen molar-refractivity contribution in [3.8, 4) is 5.75 Å². The van der Waals surface area contributed by atoms with Crippen LogP contribution in [0.3, 0.4) is 0 Å². The Kier molecular flexibility index (Phi) is 7.64. The molecular weight excluding hydrogens is 318 g/mol. The quantitative estimate of drug-likeness (QED) is 0.661. The van der Waals surface area contributed by atoms with Crippen LogP contribution in [0.1, 0.15) is 34.1 Å². The third kappa shape index (κ3) is 8.35. The largest absolute Gasteiger partial charge is 0.497 e. The van der Waals surface area contributed by atoms with Crippen LogP contribution >= 0.6 is 0 Å². The molecule has 4 N–H and O–H groups in total. The topological polar surface area (TPSA) is 93.5 Å². The van der Waals surface area contributed by atoms with Crippen molar-refractivity contribution in [2.75, 3.05) is 12.4 Å². The summed E-state index contributed by atoms with van der Waals surface area (Å²) in [5.74, 6) is 0.214. The summed E-state index contributed by atoms with van der Waals surface area (Å²) in [6, 6.07) is 6.20. The lowest BCUT2D eigenvalue weighted by Crippen LogP contribution is -2.44. The second-order valence-corrected chi connectivity index (χ2v) is 7.25. The second-order valence-electron chi connectivity index (χ2n) is 7.25. The predicted molar refractivity (Wildman–Crippen MR) is 100 cm³/mol. The van der Waals surface area contributed by atoms with E-state index in [4.69, 9.17) is 10.5 Å². The van der Waals surface area contributed by atoms with Gasteiger partial charge in [0.15, 0.2) is 0 Å². The Hall–Kier alpha value is -2.34. The van der Waals surface area contributed by atoms with Crippen LogP contribution in [0.25, 0.3) is 0 Å². The molecule has 2 amide bonds. The Labute approximate surface area is 149 Å². The molecule has 0 bridgehead atoms. The molecule has 0 saturated carbocycles. The van der Waals surface area contributed by atoms with Gasteiger partial charge in [0, 0.05) is 17.8 Å². The highest BCUT2D eigenvalue weighted by molar-refractivity contribution is 5.99. The minimum absolute atomic E-state index is 0.00736. The maximum atomic E-state index is 12.1. The van der Waals surface area contributed by atoms with Crippen molar-refractivity contribution >= 4 is 17.5 Å². The van der Waals surface area contributed by atoms with Gasteiger partial charge in [-0.1, -0.05) is 26.8 Å². The fraction of sp³-hybridized carbons (Fsp3) is 0.474. The number of carbonyl (C=O) groups is 2. The summed E-state index contributed by atoms with van der Waals surface area (Å²) in [4.78, 5) is 23.9. The normalized spacial score (nSPS) is 14.0. The molecule has 1 aromatic carbocycles. The summed E-state index contributed by atoms with van der Waals surface area (Å²) in [5, 5.41) is 5.63. The Morgan fingerprint density at radius 2 is 1.84 bits per heavy atom. The molecule has 0 fully saturated rings. The average molecular weight is 347 g/mol. The lowest BCUT2D eigenvalue weighted by atomic mass is 9.88. The van der Waals surface area contributed by atoms with Gasteiger partial charge < -0.3 is 21.1 Å². The maximum absolute atomic E-state index is 12.1. The molecule has 138 valence electrons. The number of rotatable bonds is 7. The van der Waals surface area contributed by atoms with E-state index in [0.29, 0.717) is 12.1 Å². The summed E-state index contributed by atoms with van der Waals surface area (Å²) in [5.41, 5.74) is 6.27. The van der Waals surface area contributed by atoms with Crippen molar-refractivity contribution in [2.45, 2.75) is 46.2 Å². The highest BCUT2D eigenvalue weighted by Crippen LogP contribution is 2.21. The van der Waals surface area contributed by atoms with Crippen molar-refractivity contribution in [2.24, 2.45) is 11.1 Å². The fourth-order valence-electron chi connectivity index (χ4n) is 2.20. The van der Waals surface area contributed by atoms with Gasteiger partial charge in [-0.15, -0.1) is 0 Å². The van der Waals surface area contributed by atoms with Crippen molar-refractivity contribution in [1.82, 2.24) is 5.32 Å². The number of methoxy groups -OCH3 is 1. The Morgan fingerprint density at radius 3 is 2.32 bits per heavy atom. The van der Waals surface area contributed by atoms with Crippen LogP contribution in [0.2, 0.25) is 0 Å². The minimum Gasteiger partial charge on any atom is -0.497 e. The zero-order valence-corrected chi connectivity index (χ0v) is 15.6. The number of benzene rings is 1. The van der Waals surface area contributed by atoms with Gasteiger partial charge in [-0.25, -0.2) is 0 Å².